The Balaban J connectivity index is 2.72. The lowest BCUT2D eigenvalue weighted by Gasteiger charge is -2.36. The van der Waals surface area contributed by atoms with E-state index in [1.54, 1.807) is 0 Å². The van der Waals surface area contributed by atoms with E-state index in [2.05, 4.69) is 10.8 Å². The summed E-state index contributed by atoms with van der Waals surface area (Å²) in [5.41, 5.74) is -0.484. The molecule has 0 aromatic carbocycles. The Morgan fingerprint density at radius 2 is 1.83 bits per heavy atom. The molecule has 5 nitrogen and oxygen atoms in total. The summed E-state index contributed by atoms with van der Waals surface area (Å²) in [7, 11) is -3.44. The first-order chi connectivity index (χ1) is 8.14. The van der Waals surface area contributed by atoms with Crippen LogP contribution in [-0.4, -0.2) is 42.4 Å². The molecule has 0 spiro atoms. The lowest BCUT2D eigenvalue weighted by atomic mass is 9.99. The molecule has 1 aliphatic rings. The molecule has 0 atom stereocenters. The van der Waals surface area contributed by atoms with E-state index in [9.17, 15) is 8.42 Å². The first kappa shape index (κ1) is 15.8. The van der Waals surface area contributed by atoms with Crippen LogP contribution in [0.3, 0.4) is 0 Å². The van der Waals surface area contributed by atoms with Crippen LogP contribution in [0.1, 0.15) is 33.6 Å². The highest BCUT2D eigenvalue weighted by Crippen LogP contribution is 2.34. The zero-order valence-corrected chi connectivity index (χ0v) is 13.0. The summed E-state index contributed by atoms with van der Waals surface area (Å²) < 4.78 is 27.9. The number of rotatable bonds is 3. The van der Waals surface area contributed by atoms with E-state index in [1.807, 2.05) is 27.0 Å². The number of piperidine rings is 1. The zero-order valence-electron chi connectivity index (χ0n) is 11.4. The van der Waals surface area contributed by atoms with Gasteiger partial charge in [0.15, 0.2) is 0 Å². The van der Waals surface area contributed by atoms with Crippen LogP contribution in [0, 0.1) is 11.3 Å². The molecule has 1 rings (SSSR count). The maximum absolute atomic E-state index is 12.1. The summed E-state index contributed by atoms with van der Waals surface area (Å²) in [4.78, 5) is 0. The largest absolute Gasteiger partial charge is 0.279 e. The third-order valence-corrected chi connectivity index (χ3v) is 6.10. The van der Waals surface area contributed by atoms with Gasteiger partial charge in [-0.05, 0) is 39.9 Å². The van der Waals surface area contributed by atoms with Gasteiger partial charge in [0.25, 0.3) is 10.2 Å². The van der Waals surface area contributed by atoms with Gasteiger partial charge in [-0.15, -0.1) is 11.8 Å². The quantitative estimate of drug-likeness (QED) is 0.851. The van der Waals surface area contributed by atoms with E-state index in [0.29, 0.717) is 25.9 Å². The van der Waals surface area contributed by atoms with Crippen LogP contribution in [0.15, 0.2) is 0 Å². The average Bonchev–Trinajstić information content (AvgIpc) is 2.26. The van der Waals surface area contributed by atoms with Crippen molar-refractivity contribution >= 4 is 22.0 Å². The predicted octanol–water partition coefficient (Wildman–Crippen LogP) is 1.34. The van der Waals surface area contributed by atoms with Gasteiger partial charge >= 0.3 is 0 Å². The van der Waals surface area contributed by atoms with Crippen molar-refractivity contribution in [2.24, 2.45) is 0 Å². The molecule has 0 bridgehead atoms. The molecular formula is C11H21N3O2S2. The first-order valence-corrected chi connectivity index (χ1v) is 8.56. The summed E-state index contributed by atoms with van der Waals surface area (Å²) in [6.07, 6.45) is 3.06. The minimum absolute atomic E-state index is 0.403. The molecule has 0 saturated carbocycles. The van der Waals surface area contributed by atoms with Crippen LogP contribution in [0.5, 0.6) is 0 Å². The van der Waals surface area contributed by atoms with Crippen LogP contribution in [0.25, 0.3) is 0 Å². The summed E-state index contributed by atoms with van der Waals surface area (Å²) in [6, 6.07) is 2.31. The van der Waals surface area contributed by atoms with Crippen molar-refractivity contribution in [3.8, 4) is 6.07 Å². The number of hydrogen-bond donors (Lipinski definition) is 1. The summed E-state index contributed by atoms with van der Waals surface area (Å²) in [5, 5.41) is 9.16. The minimum Gasteiger partial charge on any atom is -0.197 e. The van der Waals surface area contributed by atoms with Gasteiger partial charge in [0.2, 0.25) is 0 Å². The van der Waals surface area contributed by atoms with Gasteiger partial charge < -0.3 is 0 Å². The third-order valence-electron chi connectivity index (χ3n) is 2.90. The minimum atomic E-state index is -3.44. The molecule has 0 aliphatic carbocycles. The molecule has 1 saturated heterocycles. The second-order valence-electron chi connectivity index (χ2n) is 5.57. The Kier molecular flexibility index (Phi) is 4.70. The second-order valence-corrected chi connectivity index (χ2v) is 8.43. The normalized spacial score (nSPS) is 21.5. The Hall–Kier alpha value is -0.290. The van der Waals surface area contributed by atoms with Crippen molar-refractivity contribution in [1.29, 1.82) is 5.26 Å². The van der Waals surface area contributed by atoms with Crippen LogP contribution in [-0.2, 0) is 10.2 Å². The van der Waals surface area contributed by atoms with Crippen molar-refractivity contribution in [2.45, 2.75) is 43.9 Å². The fourth-order valence-electron chi connectivity index (χ4n) is 1.90. The highest BCUT2D eigenvalue weighted by atomic mass is 32.2. The predicted molar refractivity (Wildman–Crippen MR) is 74.5 cm³/mol. The van der Waals surface area contributed by atoms with Crippen molar-refractivity contribution < 1.29 is 8.42 Å². The van der Waals surface area contributed by atoms with E-state index in [0.717, 1.165) is 0 Å². The molecule has 0 aromatic rings. The highest BCUT2D eigenvalue weighted by molar-refractivity contribution is 8.00. The van der Waals surface area contributed by atoms with E-state index in [1.165, 1.54) is 16.1 Å². The monoisotopic (exact) mass is 291 g/mol. The molecule has 1 fully saturated rings. The van der Waals surface area contributed by atoms with Crippen molar-refractivity contribution in [2.75, 3.05) is 19.3 Å². The molecule has 0 aromatic heterocycles. The number of thioether (sulfide) groups is 1. The van der Waals surface area contributed by atoms with Crippen molar-refractivity contribution in [1.82, 2.24) is 9.03 Å². The third kappa shape index (κ3) is 3.85. The topological polar surface area (TPSA) is 73.2 Å². The number of nitrogens with one attached hydrogen (secondary N) is 1. The molecule has 1 aliphatic heterocycles. The first-order valence-electron chi connectivity index (χ1n) is 5.90. The molecule has 7 heteroatoms. The van der Waals surface area contributed by atoms with E-state index < -0.39 is 20.5 Å². The van der Waals surface area contributed by atoms with E-state index in [-0.39, 0.29) is 0 Å². The molecular weight excluding hydrogens is 270 g/mol. The summed E-state index contributed by atoms with van der Waals surface area (Å²) in [5.74, 6) is 0. The molecule has 1 N–H and O–H groups in total. The number of nitriles is 1. The Bertz CT molecular complexity index is 426. The summed E-state index contributed by atoms with van der Waals surface area (Å²) >= 11 is 1.52. The molecule has 0 radical (unpaired) electrons. The van der Waals surface area contributed by atoms with Crippen LogP contribution in [0.4, 0.5) is 0 Å². The van der Waals surface area contributed by atoms with E-state index >= 15 is 0 Å². The number of nitrogens with zero attached hydrogens (tertiary/aromatic N) is 2. The van der Waals surface area contributed by atoms with Crippen LogP contribution in [0.2, 0.25) is 0 Å². The Labute approximate surface area is 114 Å². The lowest BCUT2D eigenvalue weighted by molar-refractivity contribution is 0.316. The highest BCUT2D eigenvalue weighted by Gasteiger charge is 2.38. The van der Waals surface area contributed by atoms with Gasteiger partial charge in [-0.3, -0.25) is 0 Å². The van der Waals surface area contributed by atoms with Gasteiger partial charge in [-0.1, -0.05) is 0 Å². The standard InChI is InChI=1S/C11H21N3O2S2/c1-10(2,3)13-18(15,16)14-7-5-11(9-12,17-4)6-8-14/h13H,5-8H2,1-4H3. The maximum Gasteiger partial charge on any atom is 0.279 e. The molecule has 104 valence electrons. The molecule has 18 heavy (non-hydrogen) atoms. The maximum atomic E-state index is 12.1. The van der Waals surface area contributed by atoms with Crippen molar-refractivity contribution in [3.05, 3.63) is 0 Å². The van der Waals surface area contributed by atoms with Gasteiger partial charge in [0.05, 0.1) is 6.07 Å². The number of hydrogen-bond acceptors (Lipinski definition) is 4. The van der Waals surface area contributed by atoms with Crippen LogP contribution >= 0.6 is 11.8 Å². The average molecular weight is 291 g/mol. The fourth-order valence-corrected chi connectivity index (χ4v) is 4.15. The Morgan fingerprint density at radius 3 is 2.17 bits per heavy atom. The molecule has 1 heterocycles. The van der Waals surface area contributed by atoms with Crippen LogP contribution < -0.4 is 4.72 Å². The lowest BCUT2D eigenvalue weighted by Crippen LogP contribution is -2.52. The van der Waals surface area contributed by atoms with Crippen molar-refractivity contribution in [3.63, 3.8) is 0 Å². The smallest absolute Gasteiger partial charge is 0.197 e. The van der Waals surface area contributed by atoms with Gasteiger partial charge in [0.1, 0.15) is 4.75 Å². The zero-order chi connectivity index (χ0) is 14.0. The van der Waals surface area contributed by atoms with E-state index in [4.69, 9.17) is 5.26 Å². The SMILES string of the molecule is CSC1(C#N)CCN(S(=O)(=O)NC(C)(C)C)CC1. The van der Waals surface area contributed by atoms with Gasteiger partial charge in [-0.2, -0.15) is 22.7 Å². The fraction of sp³-hybridized carbons (Fsp3) is 0.909. The molecule has 0 unspecified atom stereocenters. The van der Waals surface area contributed by atoms with Gasteiger partial charge in [-0.25, -0.2) is 0 Å². The molecule has 0 amide bonds. The summed E-state index contributed by atoms with van der Waals surface area (Å²) in [6.45, 7) is 6.25. The second kappa shape index (κ2) is 5.37. The Morgan fingerprint density at radius 1 is 1.33 bits per heavy atom. The van der Waals surface area contributed by atoms with Gasteiger partial charge in [0, 0.05) is 18.6 Å².